The van der Waals surface area contributed by atoms with Gasteiger partial charge in [0.15, 0.2) is 0 Å². The highest BCUT2D eigenvalue weighted by Crippen LogP contribution is 2.26. The normalized spacial score (nSPS) is 19.4. The van der Waals surface area contributed by atoms with Crippen molar-refractivity contribution < 1.29 is 4.79 Å². The zero-order valence-corrected chi connectivity index (χ0v) is 13.4. The lowest BCUT2D eigenvalue weighted by Gasteiger charge is -2.31. The van der Waals surface area contributed by atoms with Gasteiger partial charge in [0, 0.05) is 23.2 Å². The van der Waals surface area contributed by atoms with Gasteiger partial charge in [0.05, 0.1) is 0 Å². The Morgan fingerprint density at radius 3 is 2.58 bits per heavy atom. The number of halogens is 1. The van der Waals surface area contributed by atoms with E-state index in [1.165, 1.54) is 6.42 Å². The van der Waals surface area contributed by atoms with Gasteiger partial charge in [-0.1, -0.05) is 22.9 Å². The number of amides is 2. The van der Waals surface area contributed by atoms with E-state index in [1.807, 2.05) is 30.9 Å². The largest absolute Gasteiger partial charge is 0.324 e. The monoisotopic (exact) mass is 324 g/mol. The van der Waals surface area contributed by atoms with Crippen LogP contribution in [0.1, 0.15) is 30.9 Å². The van der Waals surface area contributed by atoms with Crippen molar-refractivity contribution in [2.24, 2.45) is 5.92 Å². The maximum atomic E-state index is 12.3. The highest BCUT2D eigenvalue weighted by atomic mass is 79.9. The summed E-state index contributed by atoms with van der Waals surface area (Å²) in [6, 6.07) is 4.09. The first-order valence-corrected chi connectivity index (χ1v) is 7.59. The number of carbonyl (C=O) groups is 1. The Balaban J connectivity index is 2.10. The van der Waals surface area contributed by atoms with Crippen LogP contribution in [0.3, 0.4) is 0 Å². The fourth-order valence-electron chi connectivity index (χ4n) is 2.67. The molecule has 0 radical (unpaired) electrons. The second kappa shape index (κ2) is 5.95. The number of hydrogen-bond acceptors (Lipinski definition) is 1. The van der Waals surface area contributed by atoms with Gasteiger partial charge in [0.1, 0.15) is 0 Å². The van der Waals surface area contributed by atoms with Crippen molar-refractivity contribution in [3.05, 3.63) is 27.7 Å². The predicted molar refractivity (Wildman–Crippen MR) is 82.6 cm³/mol. The fraction of sp³-hybridized carbons (Fsp3) is 0.533. The molecule has 19 heavy (non-hydrogen) atoms. The van der Waals surface area contributed by atoms with Gasteiger partial charge in [0.2, 0.25) is 0 Å². The van der Waals surface area contributed by atoms with Crippen LogP contribution in [0.2, 0.25) is 0 Å². The number of anilines is 1. The predicted octanol–water partition coefficient (Wildman–Crippen LogP) is 4.33. The number of rotatable bonds is 1. The van der Waals surface area contributed by atoms with Gasteiger partial charge in [0.25, 0.3) is 0 Å². The summed E-state index contributed by atoms with van der Waals surface area (Å²) < 4.78 is 1.05. The lowest BCUT2D eigenvalue weighted by molar-refractivity contribution is 0.182. The van der Waals surface area contributed by atoms with Crippen LogP contribution in [0.4, 0.5) is 10.5 Å². The molecule has 0 aliphatic carbocycles. The van der Waals surface area contributed by atoms with E-state index in [1.54, 1.807) is 0 Å². The minimum atomic E-state index is 0.0278. The quantitative estimate of drug-likeness (QED) is 0.819. The summed E-state index contributed by atoms with van der Waals surface area (Å²) in [6.45, 7) is 7.97. The first-order valence-electron chi connectivity index (χ1n) is 6.80. The number of carbonyl (C=O) groups excluding carboxylic acids is 1. The van der Waals surface area contributed by atoms with Gasteiger partial charge in [-0.2, -0.15) is 0 Å². The summed E-state index contributed by atoms with van der Waals surface area (Å²) in [5.41, 5.74) is 3.11. The molecule has 1 aromatic carbocycles. The average Bonchev–Trinajstić information content (AvgIpc) is 2.33. The summed E-state index contributed by atoms with van der Waals surface area (Å²) in [5.74, 6) is 0.603. The lowest BCUT2D eigenvalue weighted by atomic mass is 10.0. The molecule has 0 spiro atoms. The molecule has 2 amide bonds. The highest BCUT2D eigenvalue weighted by molar-refractivity contribution is 9.10. The van der Waals surface area contributed by atoms with Crippen LogP contribution in [0.25, 0.3) is 0 Å². The fourth-order valence-corrected chi connectivity index (χ4v) is 3.35. The van der Waals surface area contributed by atoms with E-state index in [0.29, 0.717) is 5.92 Å². The summed E-state index contributed by atoms with van der Waals surface area (Å²) in [4.78, 5) is 14.2. The molecule has 1 aliphatic rings. The average molecular weight is 325 g/mol. The van der Waals surface area contributed by atoms with Crippen LogP contribution in [0.5, 0.6) is 0 Å². The molecule has 1 heterocycles. The third-order valence-electron chi connectivity index (χ3n) is 3.67. The molecule has 2 rings (SSSR count). The van der Waals surface area contributed by atoms with E-state index in [2.05, 4.69) is 28.2 Å². The molecule has 1 unspecified atom stereocenters. The molecule has 1 N–H and O–H groups in total. The van der Waals surface area contributed by atoms with Gasteiger partial charge in [-0.3, -0.25) is 0 Å². The number of nitrogens with one attached hydrogen (secondary N) is 1. The zero-order chi connectivity index (χ0) is 14.0. The molecule has 0 aromatic heterocycles. The van der Waals surface area contributed by atoms with Crippen molar-refractivity contribution in [1.82, 2.24) is 4.90 Å². The molecule has 0 saturated carbocycles. The zero-order valence-electron chi connectivity index (χ0n) is 11.8. The highest BCUT2D eigenvalue weighted by Gasteiger charge is 2.21. The van der Waals surface area contributed by atoms with Crippen molar-refractivity contribution in [2.45, 2.75) is 33.6 Å². The van der Waals surface area contributed by atoms with Gasteiger partial charge in [-0.25, -0.2) is 4.79 Å². The van der Waals surface area contributed by atoms with E-state index in [-0.39, 0.29) is 6.03 Å². The summed E-state index contributed by atoms with van der Waals surface area (Å²) in [5, 5.41) is 3.06. The first kappa shape index (κ1) is 14.4. The Morgan fingerprint density at radius 2 is 2.00 bits per heavy atom. The van der Waals surface area contributed by atoms with Crippen LogP contribution in [-0.2, 0) is 0 Å². The minimum absolute atomic E-state index is 0.0278. The minimum Gasteiger partial charge on any atom is -0.324 e. The molecule has 1 fully saturated rings. The van der Waals surface area contributed by atoms with Crippen LogP contribution in [-0.4, -0.2) is 24.0 Å². The molecule has 1 aromatic rings. The Morgan fingerprint density at radius 1 is 1.37 bits per heavy atom. The SMILES string of the molecule is Cc1cc(Br)cc(C)c1NC(=O)N1CCCC(C)C1. The van der Waals surface area contributed by atoms with Crippen LogP contribution in [0, 0.1) is 19.8 Å². The maximum Gasteiger partial charge on any atom is 0.321 e. The van der Waals surface area contributed by atoms with Gasteiger partial charge in [-0.15, -0.1) is 0 Å². The Labute approximate surface area is 123 Å². The number of aryl methyl sites for hydroxylation is 2. The maximum absolute atomic E-state index is 12.3. The molecule has 4 heteroatoms. The van der Waals surface area contributed by atoms with E-state index < -0.39 is 0 Å². The molecule has 1 atom stereocenters. The van der Waals surface area contributed by atoms with Crippen LogP contribution < -0.4 is 5.32 Å². The number of hydrogen-bond donors (Lipinski definition) is 1. The number of benzene rings is 1. The molecule has 0 bridgehead atoms. The second-order valence-corrected chi connectivity index (χ2v) is 6.45. The number of likely N-dealkylation sites (tertiary alicyclic amines) is 1. The first-order chi connectivity index (χ1) is 8.97. The molecule has 1 saturated heterocycles. The third-order valence-corrected chi connectivity index (χ3v) is 4.13. The molecular formula is C15H21BrN2O. The van der Waals surface area contributed by atoms with E-state index >= 15 is 0 Å². The number of piperidine rings is 1. The molecular weight excluding hydrogens is 304 g/mol. The van der Waals surface area contributed by atoms with Crippen molar-refractivity contribution >= 4 is 27.6 Å². The Hall–Kier alpha value is -1.03. The Bertz CT molecular complexity index is 464. The van der Waals surface area contributed by atoms with Gasteiger partial charge < -0.3 is 10.2 Å². The van der Waals surface area contributed by atoms with Gasteiger partial charge in [-0.05, 0) is 55.9 Å². The summed E-state index contributed by atoms with van der Waals surface area (Å²) >= 11 is 3.47. The number of urea groups is 1. The lowest BCUT2D eigenvalue weighted by Crippen LogP contribution is -2.41. The van der Waals surface area contributed by atoms with Crippen molar-refractivity contribution in [1.29, 1.82) is 0 Å². The second-order valence-electron chi connectivity index (χ2n) is 5.54. The topological polar surface area (TPSA) is 32.3 Å². The molecule has 1 aliphatic heterocycles. The Kier molecular flexibility index (Phi) is 4.50. The number of nitrogens with zero attached hydrogens (tertiary/aromatic N) is 1. The van der Waals surface area contributed by atoms with E-state index in [0.717, 1.165) is 40.8 Å². The summed E-state index contributed by atoms with van der Waals surface area (Å²) in [7, 11) is 0. The van der Waals surface area contributed by atoms with E-state index in [9.17, 15) is 4.79 Å². The van der Waals surface area contributed by atoms with Crippen molar-refractivity contribution in [2.75, 3.05) is 18.4 Å². The summed E-state index contributed by atoms with van der Waals surface area (Å²) in [6.07, 6.45) is 2.33. The smallest absolute Gasteiger partial charge is 0.321 e. The third kappa shape index (κ3) is 3.50. The van der Waals surface area contributed by atoms with Crippen LogP contribution in [0.15, 0.2) is 16.6 Å². The van der Waals surface area contributed by atoms with Crippen molar-refractivity contribution in [3.63, 3.8) is 0 Å². The van der Waals surface area contributed by atoms with E-state index in [4.69, 9.17) is 0 Å². The standard InChI is InChI=1S/C15H21BrN2O/c1-10-5-4-6-18(9-10)15(19)17-14-11(2)7-13(16)8-12(14)3/h7-8,10H,4-6,9H2,1-3H3,(H,17,19). The van der Waals surface area contributed by atoms with Gasteiger partial charge >= 0.3 is 6.03 Å². The van der Waals surface area contributed by atoms with Crippen molar-refractivity contribution in [3.8, 4) is 0 Å². The van der Waals surface area contributed by atoms with Crippen LogP contribution >= 0.6 is 15.9 Å². The molecule has 3 nitrogen and oxygen atoms in total. The molecule has 104 valence electrons.